The fourth-order valence-electron chi connectivity index (χ4n) is 10.3. The van der Waals surface area contributed by atoms with Gasteiger partial charge in [-0.25, -0.2) is 19.9 Å². The van der Waals surface area contributed by atoms with Crippen molar-refractivity contribution in [2.24, 2.45) is 0 Å². The molecule has 14 aromatic rings. The summed E-state index contributed by atoms with van der Waals surface area (Å²) in [6.45, 7) is 0. The van der Waals surface area contributed by atoms with E-state index < -0.39 is 0 Å². The number of nitrogens with zero attached hydrogens (tertiary/aromatic N) is 6. The topological polar surface area (TPSA) is 74.6 Å². The summed E-state index contributed by atoms with van der Waals surface area (Å²) in [5.41, 5.74) is 14.0. The molecule has 0 fully saturated rings. The molecular weight excluding hydrogens is 845 g/mol. The van der Waals surface area contributed by atoms with Gasteiger partial charge in [-0.1, -0.05) is 170 Å². The van der Waals surface area contributed by atoms with E-state index >= 15 is 0 Å². The third-order valence-corrected chi connectivity index (χ3v) is 13.4. The number of benzene rings is 10. The van der Waals surface area contributed by atoms with Crippen molar-refractivity contribution in [3.63, 3.8) is 0 Å². The maximum atomic E-state index is 6.59. The lowest BCUT2D eigenvalue weighted by Gasteiger charge is -2.16. The van der Waals surface area contributed by atoms with Crippen molar-refractivity contribution in [2.75, 3.05) is 0 Å². The standard InChI is InChI=1S/C62H38N6O/c1-4-17-39(18-5-1)59-64-60(40-19-6-2-7-20-40)66-61(65-59)41-31-33-43(34-32-41)67-53-29-14-12-25-47(53)49-35-36-50-48-26-13-15-30-54(48)68(57(50)56(49)67)55-38-37-45(44-23-10-11-24-46(44)55)51-27-16-28-52-58(51)69-62(63-52)42-21-8-3-9-22-42/h1-38H. The number of para-hydroxylation sites is 3. The first-order chi connectivity index (χ1) is 34.2. The van der Waals surface area contributed by atoms with Crippen molar-refractivity contribution < 1.29 is 4.42 Å². The Bertz CT molecular complexity index is 4230. The number of fused-ring (bicyclic) bond motifs is 9. The van der Waals surface area contributed by atoms with E-state index in [4.69, 9.17) is 24.4 Å². The maximum Gasteiger partial charge on any atom is 0.227 e. The molecule has 7 heteroatoms. The maximum absolute atomic E-state index is 6.59. The van der Waals surface area contributed by atoms with E-state index in [0.717, 1.165) is 88.7 Å². The molecule has 0 atom stereocenters. The Morgan fingerprint density at radius 3 is 1.41 bits per heavy atom. The van der Waals surface area contributed by atoms with Crippen LogP contribution < -0.4 is 0 Å². The molecule has 322 valence electrons. The smallest absolute Gasteiger partial charge is 0.227 e. The molecule has 0 aliphatic heterocycles. The molecule has 10 aromatic carbocycles. The SMILES string of the molecule is c1ccc(-c2nc(-c3ccccc3)nc(-c3ccc(-n4c5ccccc5c5ccc6c7ccccc7n(-c7ccc(-c8cccc9nc(-c%10ccccc%10)oc89)c8ccccc78)c6c54)cc3)n2)cc1. The van der Waals surface area contributed by atoms with Gasteiger partial charge in [-0.3, -0.25) is 0 Å². The van der Waals surface area contributed by atoms with Crippen molar-refractivity contribution >= 4 is 65.5 Å². The minimum atomic E-state index is 0.610. The summed E-state index contributed by atoms with van der Waals surface area (Å²) in [6, 6.07) is 80.5. The predicted octanol–water partition coefficient (Wildman–Crippen LogP) is 15.7. The van der Waals surface area contributed by atoms with Crippen LogP contribution in [0.5, 0.6) is 0 Å². The van der Waals surface area contributed by atoms with E-state index in [1.165, 1.54) is 21.5 Å². The van der Waals surface area contributed by atoms with Crippen molar-refractivity contribution in [3.8, 4) is 68.1 Å². The van der Waals surface area contributed by atoms with E-state index in [1.54, 1.807) is 0 Å². The molecular formula is C62H38N6O. The lowest BCUT2D eigenvalue weighted by Crippen LogP contribution is -2.01. The summed E-state index contributed by atoms with van der Waals surface area (Å²) >= 11 is 0. The van der Waals surface area contributed by atoms with Crippen LogP contribution in [0, 0.1) is 0 Å². The van der Waals surface area contributed by atoms with Gasteiger partial charge in [0, 0.05) is 60.4 Å². The minimum Gasteiger partial charge on any atom is -0.435 e. The summed E-state index contributed by atoms with van der Waals surface area (Å²) < 4.78 is 11.5. The summed E-state index contributed by atoms with van der Waals surface area (Å²) in [4.78, 5) is 19.9. The Kier molecular flexibility index (Phi) is 8.75. The fraction of sp³-hybridized carbons (Fsp3) is 0. The van der Waals surface area contributed by atoms with Crippen LogP contribution in [0.4, 0.5) is 0 Å². The highest BCUT2D eigenvalue weighted by molar-refractivity contribution is 6.24. The van der Waals surface area contributed by atoms with Crippen LogP contribution in [-0.2, 0) is 0 Å². The van der Waals surface area contributed by atoms with Gasteiger partial charge < -0.3 is 13.6 Å². The van der Waals surface area contributed by atoms with Gasteiger partial charge >= 0.3 is 0 Å². The van der Waals surface area contributed by atoms with Gasteiger partial charge in [0.15, 0.2) is 23.1 Å². The van der Waals surface area contributed by atoms with Crippen molar-refractivity contribution in [1.29, 1.82) is 0 Å². The molecule has 0 radical (unpaired) electrons. The van der Waals surface area contributed by atoms with E-state index in [2.05, 4.69) is 143 Å². The van der Waals surface area contributed by atoms with Crippen LogP contribution in [0.3, 0.4) is 0 Å². The Morgan fingerprint density at radius 1 is 0.304 bits per heavy atom. The number of oxazole rings is 1. The summed E-state index contributed by atoms with van der Waals surface area (Å²) in [5, 5.41) is 6.98. The van der Waals surface area contributed by atoms with Crippen LogP contribution in [0.25, 0.3) is 134 Å². The highest BCUT2D eigenvalue weighted by Crippen LogP contribution is 2.44. The lowest BCUT2D eigenvalue weighted by molar-refractivity contribution is 0.621. The van der Waals surface area contributed by atoms with Crippen LogP contribution in [0.2, 0.25) is 0 Å². The van der Waals surface area contributed by atoms with Crippen molar-refractivity contribution in [1.82, 2.24) is 29.1 Å². The molecule has 0 N–H and O–H groups in total. The van der Waals surface area contributed by atoms with Crippen LogP contribution in [-0.4, -0.2) is 29.1 Å². The highest BCUT2D eigenvalue weighted by Gasteiger charge is 2.24. The lowest BCUT2D eigenvalue weighted by atomic mass is 9.96. The van der Waals surface area contributed by atoms with E-state index in [1.807, 2.05) is 97.1 Å². The number of rotatable bonds is 7. The zero-order valence-corrected chi connectivity index (χ0v) is 37.0. The molecule has 4 aromatic heterocycles. The molecule has 0 spiro atoms. The van der Waals surface area contributed by atoms with Gasteiger partial charge in [0.05, 0.1) is 27.8 Å². The molecule has 0 aliphatic carbocycles. The monoisotopic (exact) mass is 882 g/mol. The summed E-state index contributed by atoms with van der Waals surface area (Å²) in [6.07, 6.45) is 0. The Labute approximate surface area is 395 Å². The molecule has 14 rings (SSSR count). The van der Waals surface area contributed by atoms with E-state index in [-0.39, 0.29) is 0 Å². The van der Waals surface area contributed by atoms with Crippen molar-refractivity contribution in [3.05, 3.63) is 231 Å². The number of hydrogen-bond acceptors (Lipinski definition) is 5. The second-order valence-electron chi connectivity index (χ2n) is 17.4. The normalized spacial score (nSPS) is 11.8. The Morgan fingerprint density at radius 2 is 0.797 bits per heavy atom. The van der Waals surface area contributed by atoms with Gasteiger partial charge in [0.2, 0.25) is 5.89 Å². The molecule has 0 aliphatic rings. The zero-order valence-electron chi connectivity index (χ0n) is 37.0. The molecule has 7 nitrogen and oxygen atoms in total. The van der Waals surface area contributed by atoms with Crippen LogP contribution >= 0.6 is 0 Å². The summed E-state index contributed by atoms with van der Waals surface area (Å²) in [7, 11) is 0. The molecule has 0 bridgehead atoms. The highest BCUT2D eigenvalue weighted by atomic mass is 16.3. The van der Waals surface area contributed by atoms with Gasteiger partial charge in [0.1, 0.15) is 5.52 Å². The minimum absolute atomic E-state index is 0.610. The molecule has 4 heterocycles. The van der Waals surface area contributed by atoms with Crippen LogP contribution in [0.15, 0.2) is 235 Å². The molecule has 69 heavy (non-hydrogen) atoms. The Balaban J connectivity index is 0.980. The van der Waals surface area contributed by atoms with E-state index in [0.29, 0.717) is 23.4 Å². The molecule has 0 unspecified atom stereocenters. The zero-order chi connectivity index (χ0) is 45.4. The second kappa shape index (κ2) is 15.6. The summed E-state index contributed by atoms with van der Waals surface area (Å²) in [5.74, 6) is 2.49. The van der Waals surface area contributed by atoms with Gasteiger partial charge in [-0.05, 0) is 71.6 Å². The number of aromatic nitrogens is 6. The first kappa shape index (κ1) is 38.8. The van der Waals surface area contributed by atoms with Crippen LogP contribution in [0.1, 0.15) is 0 Å². The third kappa shape index (κ3) is 6.21. The van der Waals surface area contributed by atoms with E-state index in [9.17, 15) is 0 Å². The van der Waals surface area contributed by atoms with Gasteiger partial charge in [0.25, 0.3) is 0 Å². The van der Waals surface area contributed by atoms with Gasteiger partial charge in [-0.2, -0.15) is 0 Å². The quantitative estimate of drug-likeness (QED) is 0.159. The largest absolute Gasteiger partial charge is 0.435 e. The second-order valence-corrected chi connectivity index (χ2v) is 17.4. The average molecular weight is 883 g/mol. The predicted molar refractivity (Wildman–Crippen MR) is 281 cm³/mol. The van der Waals surface area contributed by atoms with Crippen molar-refractivity contribution in [2.45, 2.75) is 0 Å². The average Bonchev–Trinajstić information content (AvgIpc) is 4.12. The first-order valence-electron chi connectivity index (χ1n) is 23.1. The molecule has 0 saturated heterocycles. The molecule has 0 amide bonds. The first-order valence-corrected chi connectivity index (χ1v) is 23.1. The third-order valence-electron chi connectivity index (χ3n) is 13.4. The number of hydrogen-bond donors (Lipinski definition) is 0. The Hall–Kier alpha value is -9.46. The molecule has 0 saturated carbocycles. The van der Waals surface area contributed by atoms with Gasteiger partial charge in [-0.15, -0.1) is 0 Å². The fourth-order valence-corrected chi connectivity index (χ4v) is 10.3.